The van der Waals surface area contributed by atoms with Crippen LogP contribution in [0.15, 0.2) is 199 Å². The molecule has 0 saturated heterocycles. The molecule has 3 nitrogen and oxygen atoms in total. The van der Waals surface area contributed by atoms with E-state index in [2.05, 4.69) is 191 Å². The lowest BCUT2D eigenvalue weighted by Gasteiger charge is -2.12. The Hall–Kier alpha value is -7.36. The summed E-state index contributed by atoms with van der Waals surface area (Å²) >= 11 is 0. The molecule has 0 aliphatic heterocycles. The van der Waals surface area contributed by atoms with Crippen molar-refractivity contribution in [1.82, 2.24) is 9.13 Å². The summed E-state index contributed by atoms with van der Waals surface area (Å²) in [7, 11) is 0. The molecule has 3 aromatic heterocycles. The minimum absolute atomic E-state index is 0.895. The van der Waals surface area contributed by atoms with Crippen LogP contribution in [0.4, 0.5) is 0 Å². The highest BCUT2D eigenvalue weighted by Crippen LogP contribution is 2.45. The summed E-state index contributed by atoms with van der Waals surface area (Å²) in [5.74, 6) is 0. The second-order valence-electron chi connectivity index (χ2n) is 14.5. The molecule has 12 aromatic rings. The van der Waals surface area contributed by atoms with E-state index in [1.165, 1.54) is 76.6 Å². The number of para-hydroxylation sites is 3. The third-order valence-electron chi connectivity index (χ3n) is 11.5. The van der Waals surface area contributed by atoms with Crippen LogP contribution in [-0.4, -0.2) is 9.13 Å². The molecule has 0 saturated carbocycles. The molecule has 55 heavy (non-hydrogen) atoms. The van der Waals surface area contributed by atoms with Crippen LogP contribution in [0.3, 0.4) is 0 Å². The number of nitrogens with zero attached hydrogens (tertiary/aromatic N) is 2. The Bertz CT molecular complexity index is 3470. The number of hydrogen-bond acceptors (Lipinski definition) is 1. The minimum atomic E-state index is 0.895. The zero-order valence-electron chi connectivity index (χ0n) is 29.8. The van der Waals surface area contributed by atoms with Crippen molar-refractivity contribution in [2.24, 2.45) is 0 Å². The summed E-state index contributed by atoms with van der Waals surface area (Å²) < 4.78 is 11.1. The quantitative estimate of drug-likeness (QED) is 0.179. The van der Waals surface area contributed by atoms with Gasteiger partial charge in [0.15, 0.2) is 0 Å². The van der Waals surface area contributed by atoms with Crippen LogP contribution >= 0.6 is 0 Å². The Balaban J connectivity index is 1.11. The molecule has 0 atom stereocenters. The van der Waals surface area contributed by atoms with Crippen LogP contribution in [0.2, 0.25) is 0 Å². The standard InChI is InChI=1S/C52H32N2O/c1-3-13-33(14-4-1)51-39-18-8-7-15-36(39)31-48-52(51)44-30-35(24-28-47(44)53(48)37-16-5-2-6-17-37)34-23-27-46-43(29-34)40-19-9-11-21-45(40)54(46)38-25-26-42-41-20-10-12-22-49(41)55-50(42)32-38/h1-32H. The van der Waals surface area contributed by atoms with Gasteiger partial charge in [0.05, 0.1) is 22.1 Å². The van der Waals surface area contributed by atoms with Gasteiger partial charge in [-0.1, -0.05) is 121 Å². The van der Waals surface area contributed by atoms with Gasteiger partial charge in [0, 0.05) is 49.8 Å². The van der Waals surface area contributed by atoms with E-state index in [0.717, 1.165) is 33.3 Å². The van der Waals surface area contributed by atoms with Crippen molar-refractivity contribution in [2.45, 2.75) is 0 Å². The molecule has 0 amide bonds. The third kappa shape index (κ3) is 4.44. The zero-order valence-corrected chi connectivity index (χ0v) is 29.8. The molecule has 0 radical (unpaired) electrons. The summed E-state index contributed by atoms with van der Waals surface area (Å²) in [6, 6.07) is 70.3. The van der Waals surface area contributed by atoms with Gasteiger partial charge in [0.2, 0.25) is 0 Å². The third-order valence-corrected chi connectivity index (χ3v) is 11.5. The van der Waals surface area contributed by atoms with Crippen molar-refractivity contribution in [1.29, 1.82) is 0 Å². The summed E-state index contributed by atoms with van der Waals surface area (Å²) in [4.78, 5) is 0. The van der Waals surface area contributed by atoms with Gasteiger partial charge in [0.25, 0.3) is 0 Å². The summed E-state index contributed by atoms with van der Waals surface area (Å²) in [5.41, 5.74) is 13.6. The average molecular weight is 701 g/mol. The molecule has 3 heteroatoms. The van der Waals surface area contributed by atoms with E-state index in [-0.39, 0.29) is 0 Å². The molecule has 0 unspecified atom stereocenters. The second-order valence-corrected chi connectivity index (χ2v) is 14.5. The van der Waals surface area contributed by atoms with Crippen molar-refractivity contribution in [3.8, 4) is 33.6 Å². The van der Waals surface area contributed by atoms with Gasteiger partial charge in [0.1, 0.15) is 11.2 Å². The predicted octanol–water partition coefficient (Wildman–Crippen LogP) is 14.3. The van der Waals surface area contributed by atoms with Crippen molar-refractivity contribution in [3.05, 3.63) is 194 Å². The van der Waals surface area contributed by atoms with Crippen LogP contribution in [0, 0.1) is 0 Å². The van der Waals surface area contributed by atoms with Gasteiger partial charge in [-0.3, -0.25) is 0 Å². The largest absolute Gasteiger partial charge is 0.456 e. The van der Waals surface area contributed by atoms with E-state index in [1.54, 1.807) is 0 Å². The highest BCUT2D eigenvalue weighted by atomic mass is 16.3. The van der Waals surface area contributed by atoms with Crippen LogP contribution in [-0.2, 0) is 0 Å². The number of fused-ring (bicyclic) bond motifs is 10. The molecular formula is C52H32N2O. The smallest absolute Gasteiger partial charge is 0.137 e. The van der Waals surface area contributed by atoms with E-state index in [0.29, 0.717) is 0 Å². The van der Waals surface area contributed by atoms with Crippen LogP contribution in [0.5, 0.6) is 0 Å². The van der Waals surface area contributed by atoms with Crippen LogP contribution < -0.4 is 0 Å². The van der Waals surface area contributed by atoms with Gasteiger partial charge in [-0.2, -0.15) is 0 Å². The van der Waals surface area contributed by atoms with E-state index < -0.39 is 0 Å². The van der Waals surface area contributed by atoms with E-state index >= 15 is 0 Å². The Morgan fingerprint density at radius 2 is 0.909 bits per heavy atom. The molecule has 0 N–H and O–H groups in total. The topological polar surface area (TPSA) is 23.0 Å². The highest BCUT2D eigenvalue weighted by molar-refractivity contribution is 6.23. The lowest BCUT2D eigenvalue weighted by atomic mass is 9.92. The van der Waals surface area contributed by atoms with Crippen molar-refractivity contribution >= 4 is 76.3 Å². The van der Waals surface area contributed by atoms with Crippen LogP contribution in [0.25, 0.3) is 110 Å². The first-order chi connectivity index (χ1) is 27.3. The predicted molar refractivity (Wildman–Crippen MR) is 231 cm³/mol. The SMILES string of the molecule is c1ccc(-c2c3ccccc3cc3c2c2cc(-c4ccc5c(c4)c4ccccc4n5-c4ccc5c(c4)oc4ccccc45)ccc2n3-c2ccccc2)cc1. The number of rotatable bonds is 4. The molecule has 3 heterocycles. The molecule has 0 spiro atoms. The summed E-state index contributed by atoms with van der Waals surface area (Å²) in [6.45, 7) is 0. The minimum Gasteiger partial charge on any atom is -0.456 e. The maximum absolute atomic E-state index is 6.33. The lowest BCUT2D eigenvalue weighted by Crippen LogP contribution is -1.94. The Kier molecular flexibility index (Phi) is 6.34. The monoisotopic (exact) mass is 700 g/mol. The fourth-order valence-corrected chi connectivity index (χ4v) is 9.07. The van der Waals surface area contributed by atoms with Gasteiger partial charge in [-0.25, -0.2) is 0 Å². The van der Waals surface area contributed by atoms with E-state index in [1.807, 2.05) is 12.1 Å². The van der Waals surface area contributed by atoms with Gasteiger partial charge >= 0.3 is 0 Å². The average Bonchev–Trinajstić information content (AvgIpc) is 3.90. The van der Waals surface area contributed by atoms with Gasteiger partial charge in [-0.05, 0) is 99.8 Å². The number of hydrogen-bond donors (Lipinski definition) is 0. The first-order valence-corrected chi connectivity index (χ1v) is 18.8. The maximum atomic E-state index is 6.33. The molecule has 0 bridgehead atoms. The Morgan fingerprint density at radius 3 is 1.73 bits per heavy atom. The molecule has 0 fully saturated rings. The first kappa shape index (κ1) is 30.1. The van der Waals surface area contributed by atoms with Crippen molar-refractivity contribution in [2.75, 3.05) is 0 Å². The van der Waals surface area contributed by atoms with Crippen molar-refractivity contribution in [3.63, 3.8) is 0 Å². The summed E-state index contributed by atoms with van der Waals surface area (Å²) in [6.07, 6.45) is 0. The normalized spacial score (nSPS) is 12.0. The van der Waals surface area contributed by atoms with Crippen LogP contribution in [0.1, 0.15) is 0 Å². The first-order valence-electron chi connectivity index (χ1n) is 18.8. The second kappa shape index (κ2) is 11.6. The molecule has 0 aliphatic carbocycles. The molecule has 9 aromatic carbocycles. The molecule has 0 aliphatic rings. The van der Waals surface area contributed by atoms with E-state index in [9.17, 15) is 0 Å². The molecule has 12 rings (SSSR count). The maximum Gasteiger partial charge on any atom is 0.137 e. The highest BCUT2D eigenvalue weighted by Gasteiger charge is 2.21. The van der Waals surface area contributed by atoms with Gasteiger partial charge < -0.3 is 13.6 Å². The number of furan rings is 1. The summed E-state index contributed by atoms with van der Waals surface area (Å²) in [5, 5.41) is 9.72. The van der Waals surface area contributed by atoms with Gasteiger partial charge in [-0.15, -0.1) is 0 Å². The Morgan fingerprint density at radius 1 is 0.309 bits per heavy atom. The number of aromatic nitrogens is 2. The molecular weight excluding hydrogens is 669 g/mol. The molecule has 256 valence electrons. The zero-order chi connectivity index (χ0) is 36.0. The fourth-order valence-electron chi connectivity index (χ4n) is 9.07. The van der Waals surface area contributed by atoms with Crippen molar-refractivity contribution < 1.29 is 4.42 Å². The van der Waals surface area contributed by atoms with E-state index in [4.69, 9.17) is 4.42 Å². The number of benzene rings is 9. The lowest BCUT2D eigenvalue weighted by molar-refractivity contribution is 0.668. The Labute approximate surface area is 316 Å². The fraction of sp³-hybridized carbons (Fsp3) is 0.